The molecule has 0 aliphatic heterocycles. The molecule has 1 aliphatic carbocycles. The fourth-order valence-corrected chi connectivity index (χ4v) is 2.27. The zero-order valence-electron chi connectivity index (χ0n) is 9.37. The standard InChI is InChI=1S/C13H13ClN2O/c14-9-13(5-2-6-13)16-12(17)11-4-1-3-10(7-11)8-15/h1,3-4,7H,2,5-6,9H2,(H,16,17). The number of carbonyl (C=O) groups excluding carboxylic acids is 1. The summed E-state index contributed by atoms with van der Waals surface area (Å²) < 4.78 is 0. The number of nitriles is 1. The fraction of sp³-hybridized carbons (Fsp3) is 0.385. The Labute approximate surface area is 105 Å². The van der Waals surface area contributed by atoms with Crippen LogP contribution in [0.2, 0.25) is 0 Å². The highest BCUT2D eigenvalue weighted by atomic mass is 35.5. The lowest BCUT2D eigenvalue weighted by Crippen LogP contribution is -2.55. The molecule has 0 radical (unpaired) electrons. The second-order valence-corrected chi connectivity index (χ2v) is 4.68. The molecule has 0 bridgehead atoms. The molecule has 0 unspecified atom stereocenters. The van der Waals surface area contributed by atoms with E-state index in [0.717, 1.165) is 19.3 Å². The Balaban J connectivity index is 2.12. The first-order chi connectivity index (χ1) is 8.19. The average Bonchev–Trinajstić information content (AvgIpc) is 2.33. The van der Waals surface area contributed by atoms with Crippen LogP contribution >= 0.6 is 11.6 Å². The summed E-state index contributed by atoms with van der Waals surface area (Å²) in [4.78, 5) is 12.0. The third kappa shape index (κ3) is 2.42. The SMILES string of the molecule is N#Cc1cccc(C(=O)NC2(CCl)CCC2)c1. The molecule has 0 saturated heterocycles. The van der Waals surface area contributed by atoms with Crippen LogP contribution in [-0.4, -0.2) is 17.3 Å². The van der Waals surface area contributed by atoms with Gasteiger partial charge in [-0.3, -0.25) is 4.79 Å². The van der Waals surface area contributed by atoms with E-state index in [0.29, 0.717) is 17.0 Å². The largest absolute Gasteiger partial charge is 0.345 e. The number of amides is 1. The van der Waals surface area contributed by atoms with Gasteiger partial charge in [0.15, 0.2) is 0 Å². The van der Waals surface area contributed by atoms with Gasteiger partial charge in [0.25, 0.3) is 5.91 Å². The first kappa shape index (κ1) is 11.9. The number of alkyl halides is 1. The van der Waals surface area contributed by atoms with Gasteiger partial charge in [0, 0.05) is 11.4 Å². The van der Waals surface area contributed by atoms with Crippen LogP contribution in [-0.2, 0) is 0 Å². The Hall–Kier alpha value is -1.53. The van der Waals surface area contributed by atoms with Crippen molar-refractivity contribution >= 4 is 17.5 Å². The van der Waals surface area contributed by atoms with Crippen molar-refractivity contribution in [1.82, 2.24) is 5.32 Å². The maximum Gasteiger partial charge on any atom is 0.251 e. The highest BCUT2D eigenvalue weighted by Gasteiger charge is 2.37. The van der Waals surface area contributed by atoms with Gasteiger partial charge in [-0.15, -0.1) is 11.6 Å². The number of carbonyl (C=O) groups is 1. The average molecular weight is 249 g/mol. The Kier molecular flexibility index (Phi) is 3.35. The van der Waals surface area contributed by atoms with E-state index in [2.05, 4.69) is 5.32 Å². The number of benzene rings is 1. The third-order valence-corrected chi connectivity index (χ3v) is 3.71. The zero-order valence-corrected chi connectivity index (χ0v) is 10.1. The topological polar surface area (TPSA) is 52.9 Å². The van der Waals surface area contributed by atoms with Gasteiger partial charge in [0.2, 0.25) is 0 Å². The first-order valence-electron chi connectivity index (χ1n) is 5.58. The minimum Gasteiger partial charge on any atom is -0.345 e. The molecule has 3 nitrogen and oxygen atoms in total. The van der Waals surface area contributed by atoms with E-state index in [1.807, 2.05) is 6.07 Å². The molecule has 0 atom stereocenters. The van der Waals surface area contributed by atoms with Crippen LogP contribution in [0.5, 0.6) is 0 Å². The van der Waals surface area contributed by atoms with E-state index in [-0.39, 0.29) is 11.4 Å². The van der Waals surface area contributed by atoms with Crippen molar-refractivity contribution in [3.63, 3.8) is 0 Å². The molecule has 4 heteroatoms. The van der Waals surface area contributed by atoms with E-state index in [4.69, 9.17) is 16.9 Å². The summed E-state index contributed by atoms with van der Waals surface area (Å²) in [5.41, 5.74) is 0.771. The van der Waals surface area contributed by atoms with Crippen LogP contribution in [0, 0.1) is 11.3 Å². The summed E-state index contributed by atoms with van der Waals surface area (Å²) in [7, 11) is 0. The summed E-state index contributed by atoms with van der Waals surface area (Å²) >= 11 is 5.88. The van der Waals surface area contributed by atoms with Crippen molar-refractivity contribution < 1.29 is 4.79 Å². The molecular formula is C13H13ClN2O. The summed E-state index contributed by atoms with van der Waals surface area (Å²) in [6.07, 6.45) is 2.96. The Morgan fingerprint density at radius 3 is 2.82 bits per heavy atom. The number of hydrogen-bond acceptors (Lipinski definition) is 2. The lowest BCUT2D eigenvalue weighted by molar-refractivity contribution is 0.0854. The van der Waals surface area contributed by atoms with Crippen LogP contribution in [0.25, 0.3) is 0 Å². The minimum atomic E-state index is -0.235. The summed E-state index contributed by atoms with van der Waals surface area (Å²) in [5, 5.41) is 11.7. The van der Waals surface area contributed by atoms with Gasteiger partial charge in [-0.25, -0.2) is 0 Å². The second kappa shape index (κ2) is 4.77. The molecule has 1 N–H and O–H groups in total. The minimum absolute atomic E-state index is 0.151. The van der Waals surface area contributed by atoms with Crippen LogP contribution < -0.4 is 5.32 Å². The van der Waals surface area contributed by atoms with Crippen molar-refractivity contribution in [1.29, 1.82) is 5.26 Å². The van der Waals surface area contributed by atoms with Gasteiger partial charge >= 0.3 is 0 Å². The van der Waals surface area contributed by atoms with Gasteiger partial charge in [0.1, 0.15) is 0 Å². The Morgan fingerprint density at radius 2 is 2.29 bits per heavy atom. The van der Waals surface area contributed by atoms with E-state index in [1.165, 1.54) is 0 Å². The lowest BCUT2D eigenvalue weighted by Gasteiger charge is -2.41. The second-order valence-electron chi connectivity index (χ2n) is 4.41. The van der Waals surface area contributed by atoms with Crippen molar-refractivity contribution in [2.24, 2.45) is 0 Å². The fourth-order valence-electron chi connectivity index (χ4n) is 1.94. The van der Waals surface area contributed by atoms with Gasteiger partial charge in [-0.1, -0.05) is 6.07 Å². The molecular weight excluding hydrogens is 236 g/mol. The number of rotatable bonds is 3. The summed E-state index contributed by atoms with van der Waals surface area (Å²) in [6.45, 7) is 0. The van der Waals surface area contributed by atoms with Crippen LogP contribution in [0.3, 0.4) is 0 Å². The normalized spacial score (nSPS) is 16.7. The monoisotopic (exact) mass is 248 g/mol. The molecule has 1 saturated carbocycles. The predicted molar refractivity (Wildman–Crippen MR) is 65.9 cm³/mol. The van der Waals surface area contributed by atoms with Crippen molar-refractivity contribution in [2.75, 3.05) is 5.88 Å². The number of nitrogens with one attached hydrogen (secondary N) is 1. The molecule has 1 fully saturated rings. The lowest BCUT2D eigenvalue weighted by atomic mass is 9.78. The summed E-state index contributed by atoms with van der Waals surface area (Å²) in [6, 6.07) is 8.71. The number of halogens is 1. The molecule has 0 spiro atoms. The molecule has 0 heterocycles. The van der Waals surface area contributed by atoms with Crippen LogP contribution in [0.1, 0.15) is 35.2 Å². The van der Waals surface area contributed by atoms with Gasteiger partial charge in [-0.05, 0) is 37.5 Å². The van der Waals surface area contributed by atoms with Gasteiger partial charge in [-0.2, -0.15) is 5.26 Å². The van der Waals surface area contributed by atoms with Crippen molar-refractivity contribution in [3.05, 3.63) is 35.4 Å². The third-order valence-electron chi connectivity index (χ3n) is 3.20. The van der Waals surface area contributed by atoms with E-state index < -0.39 is 0 Å². The number of hydrogen-bond donors (Lipinski definition) is 1. The summed E-state index contributed by atoms with van der Waals surface area (Å²) in [5.74, 6) is 0.291. The van der Waals surface area contributed by atoms with Crippen molar-refractivity contribution in [3.8, 4) is 6.07 Å². The predicted octanol–water partition coefficient (Wildman–Crippen LogP) is 2.45. The van der Waals surface area contributed by atoms with E-state index >= 15 is 0 Å². The maximum absolute atomic E-state index is 12.0. The smallest absolute Gasteiger partial charge is 0.251 e. The number of nitrogens with zero attached hydrogens (tertiary/aromatic N) is 1. The highest BCUT2D eigenvalue weighted by Crippen LogP contribution is 2.33. The van der Waals surface area contributed by atoms with E-state index in [9.17, 15) is 4.79 Å². The molecule has 0 aromatic heterocycles. The molecule has 1 aromatic carbocycles. The maximum atomic E-state index is 12.0. The molecule has 17 heavy (non-hydrogen) atoms. The Bertz CT molecular complexity index is 469. The van der Waals surface area contributed by atoms with Gasteiger partial charge < -0.3 is 5.32 Å². The zero-order chi connectivity index (χ0) is 12.3. The first-order valence-corrected chi connectivity index (χ1v) is 6.11. The molecule has 2 rings (SSSR count). The molecule has 88 valence electrons. The Morgan fingerprint density at radius 1 is 1.53 bits per heavy atom. The van der Waals surface area contributed by atoms with Gasteiger partial charge in [0.05, 0.1) is 17.2 Å². The van der Waals surface area contributed by atoms with Crippen molar-refractivity contribution in [2.45, 2.75) is 24.8 Å². The molecule has 1 amide bonds. The molecule has 1 aromatic rings. The molecule has 1 aliphatic rings. The van der Waals surface area contributed by atoms with Crippen LogP contribution in [0.4, 0.5) is 0 Å². The highest BCUT2D eigenvalue weighted by molar-refractivity contribution is 6.19. The van der Waals surface area contributed by atoms with Crippen LogP contribution in [0.15, 0.2) is 24.3 Å². The van der Waals surface area contributed by atoms with E-state index in [1.54, 1.807) is 24.3 Å². The quantitative estimate of drug-likeness (QED) is 0.836.